The fraction of sp³-hybridized carbons (Fsp3) is 0.364. The number of carbonyl (C=O) groups excluding carboxylic acids is 1. The van der Waals surface area contributed by atoms with Gasteiger partial charge in [-0.3, -0.25) is 4.79 Å². The van der Waals surface area contributed by atoms with Crippen molar-refractivity contribution < 1.29 is 18.7 Å². The fourth-order valence-electron chi connectivity index (χ4n) is 1.43. The van der Waals surface area contributed by atoms with E-state index in [-0.39, 0.29) is 23.6 Å². The summed E-state index contributed by atoms with van der Waals surface area (Å²) in [4.78, 5) is 11.1. The van der Waals surface area contributed by atoms with E-state index in [1.165, 1.54) is 0 Å². The summed E-state index contributed by atoms with van der Waals surface area (Å²) >= 11 is 5.31. The lowest BCUT2D eigenvalue weighted by Crippen LogP contribution is -2.13. The standard InChI is InChI=1S/C11H11ClF2O2/c12-5-9(16)3-7(6-15)10-4-8(13)1-2-11(10)14/h1-2,4,7,15H,3,5-6H2. The summed E-state index contributed by atoms with van der Waals surface area (Å²) in [5.41, 5.74) is 0.000895. The molecule has 0 saturated heterocycles. The minimum absolute atomic E-state index is 0.000895. The van der Waals surface area contributed by atoms with Gasteiger partial charge >= 0.3 is 0 Å². The zero-order valence-corrected chi connectivity index (χ0v) is 9.18. The third kappa shape index (κ3) is 3.25. The smallest absolute Gasteiger partial charge is 0.148 e. The number of benzene rings is 1. The van der Waals surface area contributed by atoms with Crippen LogP contribution in [0.5, 0.6) is 0 Å². The summed E-state index contributed by atoms with van der Waals surface area (Å²) in [6, 6.07) is 2.94. The Hall–Kier alpha value is -1.00. The van der Waals surface area contributed by atoms with Gasteiger partial charge in [0.25, 0.3) is 0 Å². The van der Waals surface area contributed by atoms with Crippen LogP contribution in [-0.2, 0) is 4.79 Å². The van der Waals surface area contributed by atoms with Crippen LogP contribution in [0, 0.1) is 11.6 Å². The van der Waals surface area contributed by atoms with E-state index in [9.17, 15) is 13.6 Å². The van der Waals surface area contributed by atoms with Crippen LogP contribution < -0.4 is 0 Å². The Morgan fingerprint density at radius 2 is 2.12 bits per heavy atom. The number of aliphatic hydroxyl groups is 1. The molecule has 0 spiro atoms. The molecule has 1 aromatic carbocycles. The van der Waals surface area contributed by atoms with Gasteiger partial charge in [0.15, 0.2) is 0 Å². The highest BCUT2D eigenvalue weighted by Gasteiger charge is 2.18. The molecule has 0 aliphatic heterocycles. The molecule has 1 N–H and O–H groups in total. The second-order valence-corrected chi connectivity index (χ2v) is 3.69. The summed E-state index contributed by atoms with van der Waals surface area (Å²) in [5.74, 6) is -2.50. The van der Waals surface area contributed by atoms with E-state index in [4.69, 9.17) is 16.7 Å². The van der Waals surface area contributed by atoms with Crippen molar-refractivity contribution in [2.45, 2.75) is 12.3 Å². The highest BCUT2D eigenvalue weighted by atomic mass is 35.5. The summed E-state index contributed by atoms with van der Waals surface area (Å²) in [5, 5.41) is 9.05. The molecule has 0 fully saturated rings. The van der Waals surface area contributed by atoms with Crippen molar-refractivity contribution in [2.75, 3.05) is 12.5 Å². The Morgan fingerprint density at radius 1 is 1.44 bits per heavy atom. The average Bonchev–Trinajstić information content (AvgIpc) is 2.29. The second-order valence-electron chi connectivity index (χ2n) is 3.42. The van der Waals surface area contributed by atoms with E-state index in [2.05, 4.69) is 0 Å². The monoisotopic (exact) mass is 248 g/mol. The molecule has 88 valence electrons. The Balaban J connectivity index is 2.94. The Labute approximate surface area is 96.8 Å². The zero-order chi connectivity index (χ0) is 12.1. The van der Waals surface area contributed by atoms with Crippen LogP contribution >= 0.6 is 11.6 Å². The van der Waals surface area contributed by atoms with Crippen LogP contribution in [0.15, 0.2) is 18.2 Å². The quantitative estimate of drug-likeness (QED) is 0.812. The van der Waals surface area contributed by atoms with Crippen LogP contribution in [0.1, 0.15) is 17.9 Å². The number of hydrogen-bond acceptors (Lipinski definition) is 2. The molecule has 2 nitrogen and oxygen atoms in total. The van der Waals surface area contributed by atoms with Crippen molar-refractivity contribution in [3.63, 3.8) is 0 Å². The summed E-state index contributed by atoms with van der Waals surface area (Å²) in [7, 11) is 0. The SMILES string of the molecule is O=C(CCl)CC(CO)c1cc(F)ccc1F. The van der Waals surface area contributed by atoms with E-state index in [1.54, 1.807) is 0 Å². The number of alkyl halides is 1. The maximum Gasteiger partial charge on any atom is 0.148 e. The topological polar surface area (TPSA) is 37.3 Å². The summed E-state index contributed by atoms with van der Waals surface area (Å²) in [6.07, 6.45) is -0.0969. The van der Waals surface area contributed by atoms with Gasteiger partial charge in [-0.2, -0.15) is 0 Å². The minimum atomic E-state index is -0.748. The second kappa shape index (κ2) is 5.92. The number of aliphatic hydroxyl groups excluding tert-OH is 1. The molecule has 0 heterocycles. The molecular weight excluding hydrogens is 238 g/mol. The first-order chi connectivity index (χ1) is 7.58. The van der Waals surface area contributed by atoms with E-state index in [1.807, 2.05) is 0 Å². The molecule has 0 bridgehead atoms. The number of rotatable bonds is 5. The van der Waals surface area contributed by atoms with Gasteiger partial charge in [-0.05, 0) is 23.8 Å². The fourth-order valence-corrected chi connectivity index (χ4v) is 1.54. The van der Waals surface area contributed by atoms with Crippen molar-refractivity contribution in [2.24, 2.45) is 0 Å². The van der Waals surface area contributed by atoms with Crippen molar-refractivity contribution in [3.05, 3.63) is 35.4 Å². The number of hydrogen-bond donors (Lipinski definition) is 1. The van der Waals surface area contributed by atoms with E-state index in [0.717, 1.165) is 18.2 Å². The van der Waals surface area contributed by atoms with Gasteiger partial charge in [0, 0.05) is 12.3 Å². The van der Waals surface area contributed by atoms with Crippen molar-refractivity contribution in [3.8, 4) is 0 Å². The van der Waals surface area contributed by atoms with Gasteiger partial charge < -0.3 is 5.11 Å². The molecule has 0 saturated carbocycles. The van der Waals surface area contributed by atoms with Crippen LogP contribution in [0.4, 0.5) is 8.78 Å². The molecule has 0 aromatic heterocycles. The maximum atomic E-state index is 13.3. The zero-order valence-electron chi connectivity index (χ0n) is 8.42. The van der Waals surface area contributed by atoms with E-state index < -0.39 is 24.2 Å². The normalized spacial score (nSPS) is 12.5. The third-order valence-corrected chi connectivity index (χ3v) is 2.54. The summed E-state index contributed by atoms with van der Waals surface area (Å²) in [6.45, 7) is -0.428. The van der Waals surface area contributed by atoms with Crippen molar-refractivity contribution in [1.29, 1.82) is 0 Å². The Morgan fingerprint density at radius 3 is 2.69 bits per heavy atom. The number of ketones is 1. The Kier molecular flexibility index (Phi) is 4.83. The lowest BCUT2D eigenvalue weighted by atomic mass is 9.94. The van der Waals surface area contributed by atoms with Crippen LogP contribution in [0.25, 0.3) is 0 Å². The van der Waals surface area contributed by atoms with E-state index >= 15 is 0 Å². The minimum Gasteiger partial charge on any atom is -0.396 e. The molecule has 0 radical (unpaired) electrons. The molecule has 1 unspecified atom stereocenters. The Bertz CT molecular complexity index is 382. The lowest BCUT2D eigenvalue weighted by Gasteiger charge is -2.14. The highest BCUT2D eigenvalue weighted by molar-refractivity contribution is 6.27. The molecule has 0 aliphatic rings. The number of Topliss-reactive ketones (excluding diaryl/α,β-unsaturated/α-hetero) is 1. The van der Waals surface area contributed by atoms with Crippen molar-refractivity contribution >= 4 is 17.4 Å². The predicted molar refractivity (Wildman–Crippen MR) is 56.5 cm³/mol. The first-order valence-electron chi connectivity index (χ1n) is 4.72. The lowest BCUT2D eigenvalue weighted by molar-refractivity contribution is -0.117. The maximum absolute atomic E-state index is 13.3. The third-order valence-electron chi connectivity index (χ3n) is 2.24. The number of carbonyl (C=O) groups is 1. The highest BCUT2D eigenvalue weighted by Crippen LogP contribution is 2.23. The first kappa shape index (κ1) is 13.1. The van der Waals surface area contributed by atoms with Gasteiger partial charge in [-0.1, -0.05) is 0 Å². The van der Waals surface area contributed by atoms with E-state index in [0.29, 0.717) is 0 Å². The molecule has 5 heteroatoms. The average molecular weight is 249 g/mol. The molecule has 0 aliphatic carbocycles. The molecule has 1 rings (SSSR count). The van der Waals surface area contributed by atoms with Gasteiger partial charge in [0.2, 0.25) is 0 Å². The van der Waals surface area contributed by atoms with Crippen molar-refractivity contribution in [1.82, 2.24) is 0 Å². The van der Waals surface area contributed by atoms with Gasteiger partial charge in [0.1, 0.15) is 17.4 Å². The van der Waals surface area contributed by atoms with Crippen LogP contribution in [0.2, 0.25) is 0 Å². The van der Waals surface area contributed by atoms with Gasteiger partial charge in [-0.25, -0.2) is 8.78 Å². The first-order valence-corrected chi connectivity index (χ1v) is 5.25. The van der Waals surface area contributed by atoms with Crippen LogP contribution in [0.3, 0.4) is 0 Å². The summed E-state index contributed by atoms with van der Waals surface area (Å²) < 4.78 is 26.2. The van der Waals surface area contributed by atoms with Gasteiger partial charge in [0.05, 0.1) is 12.5 Å². The number of halogens is 3. The molecular formula is C11H11ClF2O2. The molecule has 0 amide bonds. The predicted octanol–water partition coefficient (Wildman–Crippen LogP) is 2.24. The molecule has 16 heavy (non-hydrogen) atoms. The van der Waals surface area contributed by atoms with Crippen LogP contribution in [-0.4, -0.2) is 23.4 Å². The molecule has 1 aromatic rings. The largest absolute Gasteiger partial charge is 0.396 e. The van der Waals surface area contributed by atoms with Gasteiger partial charge in [-0.15, -0.1) is 11.6 Å². The molecule has 1 atom stereocenters.